The Labute approximate surface area is 99.3 Å². The van der Waals surface area contributed by atoms with E-state index in [-0.39, 0.29) is 51.4 Å². The molecule has 0 atom stereocenters. The first-order valence-corrected chi connectivity index (χ1v) is 2.04. The summed E-state index contributed by atoms with van der Waals surface area (Å²) in [6, 6.07) is 0. The summed E-state index contributed by atoms with van der Waals surface area (Å²) in [5, 5.41) is 17.2. The van der Waals surface area contributed by atoms with Gasteiger partial charge < -0.3 is 10.7 Å². The first-order valence-electron chi connectivity index (χ1n) is 2.04. The zero-order chi connectivity index (χ0) is 7.28. The summed E-state index contributed by atoms with van der Waals surface area (Å²) >= 11 is 0. The number of hydroxylamine groups is 2. The molecule has 0 aromatic rings. The molecule has 0 unspecified atom stereocenters. The number of nitrogens with one attached hydrogen (secondary N) is 2. The molecule has 3 N–H and O–H groups in total. The molecule has 7 heteroatoms. The Morgan fingerprint density at radius 1 is 1.40 bits per heavy atom. The molecule has 0 rings (SSSR count). The molecule has 0 bridgehead atoms. The molecule has 0 saturated carbocycles. The van der Waals surface area contributed by atoms with Crippen molar-refractivity contribution in [1.82, 2.24) is 11.0 Å². The molecule has 0 heterocycles. The number of carbonyl (C=O) groups is 2. The van der Waals surface area contributed by atoms with Crippen LogP contribution in [0.2, 0.25) is 0 Å². The molecule has 10 heavy (non-hydrogen) atoms. The number of rotatable bonds is 2. The van der Waals surface area contributed by atoms with Crippen molar-refractivity contribution in [2.24, 2.45) is 0 Å². The number of amides is 2. The summed E-state index contributed by atoms with van der Waals surface area (Å²) in [5.74, 6) is -1.90. The maximum Gasteiger partial charge on any atom is 1.00 e. The molecule has 0 aliphatic carbocycles. The minimum Gasteiger partial charge on any atom is -0.759 e. The van der Waals surface area contributed by atoms with Crippen LogP contribution >= 0.6 is 0 Å². The largest absolute Gasteiger partial charge is 1.00 e. The maximum atomic E-state index is 10.0. The third-order valence-electron chi connectivity index (χ3n) is 0.560. The van der Waals surface area contributed by atoms with Crippen LogP contribution in [0.25, 0.3) is 0 Å². The Hall–Kier alpha value is 0.496. The predicted molar refractivity (Wildman–Crippen MR) is 26.1 cm³/mol. The van der Waals surface area contributed by atoms with E-state index in [1.165, 1.54) is 5.48 Å². The minimum atomic E-state index is -0.985. The second kappa shape index (κ2) is 7.60. The van der Waals surface area contributed by atoms with Gasteiger partial charge in [-0.2, -0.15) is 0 Å². The van der Waals surface area contributed by atoms with Crippen LogP contribution in [0.5, 0.6) is 0 Å². The Balaban J connectivity index is 0. The van der Waals surface area contributed by atoms with Gasteiger partial charge in [-0.25, -0.2) is 5.48 Å². The van der Waals surface area contributed by atoms with Crippen molar-refractivity contribution in [2.45, 2.75) is 6.42 Å². The average molecular weight is 172 g/mol. The molecule has 0 saturated heterocycles. The quantitative estimate of drug-likeness (QED) is 0.169. The third kappa shape index (κ3) is 6.61. The molecular formula is C3H5KN2O4. The molecule has 0 spiro atoms. The van der Waals surface area contributed by atoms with Crippen molar-refractivity contribution in [3.8, 4) is 0 Å². The topological polar surface area (TPSA) is 101 Å². The van der Waals surface area contributed by atoms with Gasteiger partial charge in [-0.1, -0.05) is 0 Å². The zero-order valence-corrected chi connectivity index (χ0v) is 8.50. The second-order valence-electron chi connectivity index (χ2n) is 1.24. The monoisotopic (exact) mass is 172 g/mol. The summed E-state index contributed by atoms with van der Waals surface area (Å²) in [6.07, 6.45) is -0.653. The SMILES string of the molecule is O=C(CC(=O)NO)N[O-].[K+]. The fourth-order valence-electron chi connectivity index (χ4n) is 0.221. The Morgan fingerprint density at radius 2 is 1.90 bits per heavy atom. The van der Waals surface area contributed by atoms with E-state index in [9.17, 15) is 14.8 Å². The fourth-order valence-corrected chi connectivity index (χ4v) is 0.221. The number of hydrogen-bond acceptors (Lipinski definition) is 4. The van der Waals surface area contributed by atoms with Crippen molar-refractivity contribution < 1.29 is 66.2 Å². The van der Waals surface area contributed by atoms with Gasteiger partial charge in [-0.05, 0) is 0 Å². The van der Waals surface area contributed by atoms with Crippen molar-refractivity contribution >= 4 is 11.8 Å². The Kier molecular flexibility index (Phi) is 9.97. The van der Waals surface area contributed by atoms with Gasteiger partial charge in [0.2, 0.25) is 5.91 Å². The summed E-state index contributed by atoms with van der Waals surface area (Å²) in [4.78, 5) is 20.0. The van der Waals surface area contributed by atoms with Crippen LogP contribution in [0.15, 0.2) is 0 Å². The third-order valence-corrected chi connectivity index (χ3v) is 0.560. The van der Waals surface area contributed by atoms with Gasteiger partial charge in [0.25, 0.3) is 5.91 Å². The molecule has 0 aromatic carbocycles. The van der Waals surface area contributed by atoms with E-state index in [0.29, 0.717) is 0 Å². The van der Waals surface area contributed by atoms with E-state index in [4.69, 9.17) is 5.21 Å². The van der Waals surface area contributed by atoms with Gasteiger partial charge in [0.15, 0.2) is 0 Å². The molecular weight excluding hydrogens is 167 g/mol. The Bertz CT molecular complexity index is 114. The van der Waals surface area contributed by atoms with Crippen LogP contribution in [-0.2, 0) is 9.59 Å². The Morgan fingerprint density at radius 3 is 2.20 bits per heavy atom. The summed E-state index contributed by atoms with van der Waals surface area (Å²) in [7, 11) is 0. The summed E-state index contributed by atoms with van der Waals surface area (Å²) < 4.78 is 0. The summed E-state index contributed by atoms with van der Waals surface area (Å²) in [5.41, 5.74) is 2.16. The zero-order valence-electron chi connectivity index (χ0n) is 5.38. The first kappa shape index (κ1) is 13.1. The van der Waals surface area contributed by atoms with E-state index in [2.05, 4.69) is 0 Å². The van der Waals surface area contributed by atoms with E-state index < -0.39 is 18.2 Å². The van der Waals surface area contributed by atoms with E-state index in [1.807, 2.05) is 0 Å². The molecule has 0 aliphatic rings. The minimum absolute atomic E-state index is 0. The van der Waals surface area contributed by atoms with Crippen LogP contribution in [-0.4, -0.2) is 17.0 Å². The van der Waals surface area contributed by atoms with Crippen LogP contribution in [0.1, 0.15) is 6.42 Å². The second-order valence-corrected chi connectivity index (χ2v) is 1.24. The van der Waals surface area contributed by atoms with Gasteiger partial charge in [0.1, 0.15) is 6.42 Å². The van der Waals surface area contributed by atoms with Crippen LogP contribution in [0.3, 0.4) is 0 Å². The van der Waals surface area contributed by atoms with Crippen molar-refractivity contribution in [1.29, 1.82) is 0 Å². The molecule has 0 aliphatic heterocycles. The predicted octanol–water partition coefficient (Wildman–Crippen LogP) is -4.50. The summed E-state index contributed by atoms with van der Waals surface area (Å²) in [6.45, 7) is 0. The molecule has 52 valence electrons. The average Bonchev–Trinajstić information content (AvgIpc) is 1.87. The van der Waals surface area contributed by atoms with Gasteiger partial charge in [0, 0.05) is 0 Å². The smallest absolute Gasteiger partial charge is 0.759 e. The maximum absolute atomic E-state index is 10.0. The molecule has 0 aromatic heterocycles. The molecule has 0 radical (unpaired) electrons. The van der Waals surface area contributed by atoms with Gasteiger partial charge in [-0.3, -0.25) is 14.8 Å². The normalized spacial score (nSPS) is 7.40. The standard InChI is InChI=1S/C3H5N2O4.K/c6-2(4-8)1-3(7)5-9;/h1H2,(H3-,4,5,6,7,8,9);/q-1;+1. The van der Waals surface area contributed by atoms with Gasteiger partial charge in [0.05, 0.1) is 0 Å². The number of hydrogen-bond donors (Lipinski definition) is 3. The molecule has 2 amide bonds. The number of carbonyl (C=O) groups excluding carboxylic acids is 2. The first-order chi connectivity index (χ1) is 4.20. The van der Waals surface area contributed by atoms with Crippen molar-refractivity contribution in [3.05, 3.63) is 5.21 Å². The van der Waals surface area contributed by atoms with E-state index in [0.717, 1.165) is 5.48 Å². The van der Waals surface area contributed by atoms with Crippen LogP contribution in [0, 0.1) is 5.21 Å². The fraction of sp³-hybridized carbons (Fsp3) is 0.333. The van der Waals surface area contributed by atoms with E-state index >= 15 is 0 Å². The molecule has 0 fully saturated rings. The van der Waals surface area contributed by atoms with E-state index in [1.54, 1.807) is 0 Å². The molecule has 6 nitrogen and oxygen atoms in total. The van der Waals surface area contributed by atoms with Gasteiger partial charge in [-0.15, -0.1) is 0 Å². The van der Waals surface area contributed by atoms with Crippen LogP contribution < -0.4 is 62.3 Å². The van der Waals surface area contributed by atoms with Crippen molar-refractivity contribution in [2.75, 3.05) is 0 Å². The van der Waals surface area contributed by atoms with Crippen LogP contribution in [0.4, 0.5) is 0 Å². The van der Waals surface area contributed by atoms with Gasteiger partial charge >= 0.3 is 51.4 Å². The van der Waals surface area contributed by atoms with Crippen molar-refractivity contribution in [3.63, 3.8) is 0 Å².